The van der Waals surface area contributed by atoms with Crippen LogP contribution in [0.15, 0.2) is 42.6 Å². The molecular weight excluding hydrogens is 238 g/mol. The van der Waals surface area contributed by atoms with Crippen molar-refractivity contribution in [2.24, 2.45) is 0 Å². The molecule has 0 aliphatic carbocycles. The van der Waals surface area contributed by atoms with Crippen molar-refractivity contribution < 1.29 is 4.79 Å². The van der Waals surface area contributed by atoms with E-state index in [0.29, 0.717) is 11.4 Å². The van der Waals surface area contributed by atoms with Crippen LogP contribution in [0.1, 0.15) is 15.9 Å². The van der Waals surface area contributed by atoms with E-state index in [1.807, 2.05) is 50.2 Å². The maximum Gasteiger partial charge on any atom is 0.259 e. The molecule has 1 amide bonds. The van der Waals surface area contributed by atoms with Crippen LogP contribution in [0.3, 0.4) is 0 Å². The van der Waals surface area contributed by atoms with Gasteiger partial charge in [0.25, 0.3) is 5.91 Å². The van der Waals surface area contributed by atoms with E-state index in [0.717, 1.165) is 11.3 Å². The average molecular weight is 255 g/mol. The number of carbonyl (C=O) groups excluding carboxylic acids is 1. The first kappa shape index (κ1) is 13.1. The summed E-state index contributed by atoms with van der Waals surface area (Å²) in [6.45, 7) is 1.96. The molecule has 0 aliphatic heterocycles. The van der Waals surface area contributed by atoms with Gasteiger partial charge in [0, 0.05) is 26.0 Å². The van der Waals surface area contributed by atoms with Crippen LogP contribution >= 0.6 is 0 Å². The molecule has 1 aromatic carbocycles. The predicted molar refractivity (Wildman–Crippen MR) is 77.7 cm³/mol. The van der Waals surface area contributed by atoms with Gasteiger partial charge in [-0.2, -0.15) is 0 Å². The first-order chi connectivity index (χ1) is 9.09. The summed E-state index contributed by atoms with van der Waals surface area (Å²) in [6.07, 6.45) is 1.68. The number of aryl methyl sites for hydroxylation is 1. The summed E-state index contributed by atoms with van der Waals surface area (Å²) in [7, 11) is 3.74. The van der Waals surface area contributed by atoms with Crippen molar-refractivity contribution >= 4 is 17.4 Å². The van der Waals surface area contributed by atoms with Crippen LogP contribution in [0.2, 0.25) is 0 Å². The van der Waals surface area contributed by atoms with Crippen molar-refractivity contribution in [2.45, 2.75) is 6.92 Å². The van der Waals surface area contributed by atoms with Gasteiger partial charge in [0.2, 0.25) is 0 Å². The monoisotopic (exact) mass is 255 g/mol. The number of benzene rings is 1. The van der Waals surface area contributed by atoms with Crippen LogP contribution in [0.5, 0.6) is 0 Å². The lowest BCUT2D eigenvalue weighted by atomic mass is 10.2. The molecule has 4 nitrogen and oxygen atoms in total. The quantitative estimate of drug-likeness (QED) is 0.917. The van der Waals surface area contributed by atoms with Crippen molar-refractivity contribution in [3.8, 4) is 0 Å². The Morgan fingerprint density at radius 2 is 1.89 bits per heavy atom. The molecule has 0 saturated carbocycles. The maximum absolute atomic E-state index is 12.3. The molecule has 0 unspecified atom stereocenters. The topological polar surface area (TPSA) is 45.2 Å². The molecule has 0 aliphatic rings. The number of para-hydroxylation sites is 1. The second-order valence-corrected chi connectivity index (χ2v) is 4.54. The van der Waals surface area contributed by atoms with Crippen molar-refractivity contribution in [1.29, 1.82) is 0 Å². The summed E-state index contributed by atoms with van der Waals surface area (Å²) < 4.78 is 0. The second-order valence-electron chi connectivity index (χ2n) is 4.54. The lowest BCUT2D eigenvalue weighted by Gasteiger charge is -2.16. The minimum Gasteiger partial charge on any atom is -0.362 e. The number of anilines is 2. The number of pyridine rings is 1. The van der Waals surface area contributed by atoms with Crippen molar-refractivity contribution in [3.05, 3.63) is 53.7 Å². The Morgan fingerprint density at radius 1 is 1.16 bits per heavy atom. The summed E-state index contributed by atoms with van der Waals surface area (Å²) in [6, 6.07) is 11.2. The van der Waals surface area contributed by atoms with E-state index >= 15 is 0 Å². The van der Waals surface area contributed by atoms with Crippen molar-refractivity contribution in [3.63, 3.8) is 0 Å². The summed E-state index contributed by atoms with van der Waals surface area (Å²) in [4.78, 5) is 18.4. The van der Waals surface area contributed by atoms with Crippen LogP contribution < -0.4 is 10.2 Å². The van der Waals surface area contributed by atoms with Crippen LogP contribution in [-0.2, 0) is 0 Å². The number of nitrogens with zero attached hydrogens (tertiary/aromatic N) is 2. The predicted octanol–water partition coefficient (Wildman–Crippen LogP) is 2.71. The van der Waals surface area contributed by atoms with Crippen LogP contribution in [0.25, 0.3) is 0 Å². The number of rotatable bonds is 3. The zero-order valence-electron chi connectivity index (χ0n) is 11.3. The summed E-state index contributed by atoms with van der Waals surface area (Å²) in [5.41, 5.74) is 2.42. The third-order valence-corrected chi connectivity index (χ3v) is 2.85. The fourth-order valence-corrected chi connectivity index (χ4v) is 1.83. The van der Waals surface area contributed by atoms with E-state index < -0.39 is 0 Å². The van der Waals surface area contributed by atoms with Crippen LogP contribution in [0, 0.1) is 6.92 Å². The first-order valence-corrected chi connectivity index (χ1v) is 6.09. The van der Waals surface area contributed by atoms with E-state index in [1.54, 1.807) is 18.3 Å². The van der Waals surface area contributed by atoms with E-state index in [9.17, 15) is 4.79 Å². The van der Waals surface area contributed by atoms with Crippen LogP contribution in [0.4, 0.5) is 11.5 Å². The largest absolute Gasteiger partial charge is 0.362 e. The first-order valence-electron chi connectivity index (χ1n) is 6.09. The smallest absolute Gasteiger partial charge is 0.259 e. The Morgan fingerprint density at radius 3 is 2.58 bits per heavy atom. The standard InChI is InChI=1S/C15H17N3O/c1-11-7-4-5-9-13(11)17-15(19)12-8-6-10-16-14(12)18(2)3/h4-10H,1-3H3,(H,17,19). The minimum atomic E-state index is -0.147. The molecule has 2 aromatic rings. The van der Waals surface area contributed by atoms with Crippen molar-refractivity contribution in [2.75, 3.05) is 24.3 Å². The lowest BCUT2D eigenvalue weighted by Crippen LogP contribution is -2.19. The fraction of sp³-hybridized carbons (Fsp3) is 0.200. The van der Waals surface area contributed by atoms with Gasteiger partial charge in [-0.25, -0.2) is 4.98 Å². The third kappa shape index (κ3) is 2.91. The highest BCUT2D eigenvalue weighted by Crippen LogP contribution is 2.18. The van der Waals surface area contributed by atoms with Gasteiger partial charge >= 0.3 is 0 Å². The zero-order chi connectivity index (χ0) is 13.8. The van der Waals surface area contributed by atoms with Gasteiger partial charge in [-0.05, 0) is 30.7 Å². The minimum absolute atomic E-state index is 0.147. The SMILES string of the molecule is Cc1ccccc1NC(=O)c1cccnc1N(C)C. The second kappa shape index (κ2) is 5.52. The molecule has 98 valence electrons. The van der Waals surface area contributed by atoms with Gasteiger partial charge < -0.3 is 10.2 Å². The molecular formula is C15H17N3O. The third-order valence-electron chi connectivity index (χ3n) is 2.85. The van der Waals surface area contributed by atoms with E-state index in [2.05, 4.69) is 10.3 Å². The summed E-state index contributed by atoms with van der Waals surface area (Å²) >= 11 is 0. The molecule has 0 bridgehead atoms. The normalized spacial score (nSPS) is 10.1. The summed E-state index contributed by atoms with van der Waals surface area (Å²) in [5.74, 6) is 0.514. The number of aromatic nitrogens is 1. The highest BCUT2D eigenvalue weighted by molar-refractivity contribution is 6.07. The lowest BCUT2D eigenvalue weighted by molar-refractivity contribution is 0.102. The zero-order valence-corrected chi connectivity index (χ0v) is 11.3. The molecule has 2 rings (SSSR count). The average Bonchev–Trinajstić information content (AvgIpc) is 2.41. The molecule has 0 fully saturated rings. The highest BCUT2D eigenvalue weighted by Gasteiger charge is 2.14. The maximum atomic E-state index is 12.3. The Hall–Kier alpha value is -2.36. The van der Waals surface area contributed by atoms with Gasteiger partial charge in [0.1, 0.15) is 5.82 Å². The Balaban J connectivity index is 2.29. The van der Waals surface area contributed by atoms with Crippen LogP contribution in [-0.4, -0.2) is 25.0 Å². The molecule has 19 heavy (non-hydrogen) atoms. The van der Waals surface area contributed by atoms with Gasteiger partial charge in [-0.15, -0.1) is 0 Å². The number of hydrogen-bond acceptors (Lipinski definition) is 3. The van der Waals surface area contributed by atoms with Gasteiger partial charge in [-0.3, -0.25) is 4.79 Å². The van der Waals surface area contributed by atoms with E-state index in [1.165, 1.54) is 0 Å². The Labute approximate surface area is 113 Å². The summed E-state index contributed by atoms with van der Waals surface area (Å²) in [5, 5.41) is 2.92. The van der Waals surface area contributed by atoms with Gasteiger partial charge in [0.15, 0.2) is 0 Å². The fourth-order valence-electron chi connectivity index (χ4n) is 1.83. The highest BCUT2D eigenvalue weighted by atomic mass is 16.1. The molecule has 0 atom stereocenters. The molecule has 0 radical (unpaired) electrons. The molecule has 1 N–H and O–H groups in total. The van der Waals surface area contributed by atoms with Gasteiger partial charge in [-0.1, -0.05) is 18.2 Å². The Bertz CT molecular complexity index is 593. The molecule has 1 aromatic heterocycles. The van der Waals surface area contributed by atoms with Gasteiger partial charge in [0.05, 0.1) is 5.56 Å². The molecule has 1 heterocycles. The molecule has 0 spiro atoms. The molecule has 4 heteroatoms. The van der Waals surface area contributed by atoms with E-state index in [4.69, 9.17) is 0 Å². The number of nitrogens with one attached hydrogen (secondary N) is 1. The number of carbonyl (C=O) groups is 1. The Kier molecular flexibility index (Phi) is 3.80. The molecule has 0 saturated heterocycles. The number of hydrogen-bond donors (Lipinski definition) is 1. The van der Waals surface area contributed by atoms with Crippen molar-refractivity contribution in [1.82, 2.24) is 4.98 Å². The number of amides is 1. The van der Waals surface area contributed by atoms with E-state index in [-0.39, 0.29) is 5.91 Å².